The van der Waals surface area contributed by atoms with Gasteiger partial charge in [0.25, 0.3) is 0 Å². The number of benzene rings is 2. The molecular formula is C14H11Cl2FO. The van der Waals surface area contributed by atoms with Gasteiger partial charge < -0.3 is 4.74 Å². The van der Waals surface area contributed by atoms with Crippen molar-refractivity contribution in [3.63, 3.8) is 0 Å². The molecule has 94 valence electrons. The normalized spacial score (nSPS) is 10.4. The van der Waals surface area contributed by atoms with Gasteiger partial charge in [0.2, 0.25) is 0 Å². The van der Waals surface area contributed by atoms with Gasteiger partial charge >= 0.3 is 0 Å². The van der Waals surface area contributed by atoms with Gasteiger partial charge in [0.05, 0.1) is 0 Å². The second-order valence-corrected chi connectivity index (χ2v) is 4.57. The zero-order chi connectivity index (χ0) is 13.1. The molecule has 2 aromatic carbocycles. The van der Waals surface area contributed by atoms with Crippen molar-refractivity contribution in [1.82, 2.24) is 0 Å². The molecule has 0 aliphatic heterocycles. The first-order valence-electron chi connectivity index (χ1n) is 5.38. The van der Waals surface area contributed by atoms with E-state index in [1.807, 2.05) is 0 Å². The first-order valence-corrected chi connectivity index (χ1v) is 6.30. The number of aryl methyl sites for hydroxylation is 1. The Labute approximate surface area is 115 Å². The van der Waals surface area contributed by atoms with Gasteiger partial charge in [-0.05, 0) is 36.2 Å². The van der Waals surface area contributed by atoms with Crippen LogP contribution in [-0.2, 0) is 5.88 Å². The van der Waals surface area contributed by atoms with E-state index in [1.165, 1.54) is 6.07 Å². The van der Waals surface area contributed by atoms with Crippen molar-refractivity contribution in [3.05, 3.63) is 58.4 Å². The quantitative estimate of drug-likeness (QED) is 0.693. The van der Waals surface area contributed by atoms with Crippen molar-refractivity contribution < 1.29 is 9.13 Å². The molecule has 0 saturated heterocycles. The average molecular weight is 285 g/mol. The van der Waals surface area contributed by atoms with E-state index in [9.17, 15) is 4.39 Å². The maximum absolute atomic E-state index is 13.4. The first-order chi connectivity index (χ1) is 8.60. The fourth-order valence-corrected chi connectivity index (χ4v) is 2.01. The molecule has 0 fully saturated rings. The monoisotopic (exact) mass is 284 g/mol. The van der Waals surface area contributed by atoms with Gasteiger partial charge in [0.15, 0.2) is 0 Å². The molecule has 0 unspecified atom stereocenters. The lowest BCUT2D eigenvalue weighted by molar-refractivity contribution is 0.476. The Morgan fingerprint density at radius 2 is 1.78 bits per heavy atom. The molecule has 2 aromatic rings. The summed E-state index contributed by atoms with van der Waals surface area (Å²) in [7, 11) is 0. The molecule has 0 atom stereocenters. The Bertz CT molecular complexity index is 570. The van der Waals surface area contributed by atoms with Crippen LogP contribution < -0.4 is 4.74 Å². The maximum atomic E-state index is 13.4. The highest BCUT2D eigenvalue weighted by Gasteiger charge is 2.04. The largest absolute Gasteiger partial charge is 0.457 e. The number of ether oxygens (including phenoxy) is 1. The molecule has 4 heteroatoms. The lowest BCUT2D eigenvalue weighted by Crippen LogP contribution is -1.89. The SMILES string of the molecule is Cc1ccc(Oc2ccc(CCl)c(Cl)c2)cc1F. The number of alkyl halides is 1. The van der Waals surface area contributed by atoms with Crippen LogP contribution >= 0.6 is 23.2 Å². The fourth-order valence-electron chi connectivity index (χ4n) is 1.47. The second-order valence-electron chi connectivity index (χ2n) is 3.90. The summed E-state index contributed by atoms with van der Waals surface area (Å²) in [6.45, 7) is 1.70. The highest BCUT2D eigenvalue weighted by atomic mass is 35.5. The molecule has 0 N–H and O–H groups in total. The van der Waals surface area contributed by atoms with Crippen LogP contribution in [0.5, 0.6) is 11.5 Å². The minimum absolute atomic E-state index is 0.295. The van der Waals surface area contributed by atoms with E-state index in [0.29, 0.717) is 28.0 Å². The van der Waals surface area contributed by atoms with Crippen LogP contribution in [0, 0.1) is 12.7 Å². The molecular weight excluding hydrogens is 274 g/mol. The molecule has 0 saturated carbocycles. The Hall–Kier alpha value is -1.25. The highest BCUT2D eigenvalue weighted by Crippen LogP contribution is 2.28. The summed E-state index contributed by atoms with van der Waals surface area (Å²) < 4.78 is 18.9. The highest BCUT2D eigenvalue weighted by molar-refractivity contribution is 6.32. The van der Waals surface area contributed by atoms with Crippen molar-refractivity contribution in [1.29, 1.82) is 0 Å². The van der Waals surface area contributed by atoms with Gasteiger partial charge in [-0.1, -0.05) is 23.7 Å². The van der Waals surface area contributed by atoms with Gasteiger partial charge in [0, 0.05) is 17.0 Å². The summed E-state index contributed by atoms with van der Waals surface area (Å²) in [6, 6.07) is 9.92. The predicted molar refractivity (Wildman–Crippen MR) is 72.2 cm³/mol. The molecule has 0 radical (unpaired) electrons. The molecule has 0 amide bonds. The van der Waals surface area contributed by atoms with Crippen LogP contribution in [0.15, 0.2) is 36.4 Å². The minimum atomic E-state index is -0.295. The Morgan fingerprint density at radius 3 is 2.39 bits per heavy atom. The third kappa shape index (κ3) is 2.95. The van der Waals surface area contributed by atoms with Crippen molar-refractivity contribution in [2.75, 3.05) is 0 Å². The number of hydrogen-bond donors (Lipinski definition) is 0. The molecule has 1 nitrogen and oxygen atoms in total. The summed E-state index contributed by atoms with van der Waals surface area (Å²) >= 11 is 11.7. The summed E-state index contributed by atoms with van der Waals surface area (Å²) in [5, 5.41) is 0.537. The van der Waals surface area contributed by atoms with Crippen LogP contribution in [0.2, 0.25) is 5.02 Å². The molecule has 0 bridgehead atoms. The summed E-state index contributed by atoms with van der Waals surface area (Å²) in [5.74, 6) is 1.04. The number of halogens is 3. The molecule has 2 rings (SSSR count). The second kappa shape index (κ2) is 5.59. The van der Waals surface area contributed by atoms with Gasteiger partial charge in [-0.2, -0.15) is 0 Å². The first kappa shape index (κ1) is 13.2. The Morgan fingerprint density at radius 1 is 1.11 bits per heavy atom. The molecule has 0 aliphatic rings. The van der Waals surface area contributed by atoms with E-state index in [-0.39, 0.29) is 5.82 Å². The number of rotatable bonds is 3. The van der Waals surface area contributed by atoms with E-state index in [0.717, 1.165) is 5.56 Å². The topological polar surface area (TPSA) is 9.23 Å². The lowest BCUT2D eigenvalue weighted by Gasteiger charge is -2.08. The van der Waals surface area contributed by atoms with Gasteiger partial charge in [-0.3, -0.25) is 0 Å². The van der Waals surface area contributed by atoms with Gasteiger partial charge in [-0.15, -0.1) is 11.6 Å². The molecule has 0 spiro atoms. The van der Waals surface area contributed by atoms with E-state index >= 15 is 0 Å². The zero-order valence-electron chi connectivity index (χ0n) is 9.71. The predicted octanol–water partition coefficient (Wildman–Crippen LogP) is 5.32. The third-order valence-corrected chi connectivity index (χ3v) is 3.19. The average Bonchev–Trinajstić information content (AvgIpc) is 2.34. The summed E-state index contributed by atoms with van der Waals surface area (Å²) in [5.41, 5.74) is 1.42. The minimum Gasteiger partial charge on any atom is -0.457 e. The van der Waals surface area contributed by atoms with Crippen molar-refractivity contribution >= 4 is 23.2 Å². The lowest BCUT2D eigenvalue weighted by atomic mass is 10.2. The van der Waals surface area contributed by atoms with Crippen LogP contribution in [0.1, 0.15) is 11.1 Å². The molecule has 0 aromatic heterocycles. The van der Waals surface area contributed by atoms with Gasteiger partial charge in [0.1, 0.15) is 17.3 Å². The van der Waals surface area contributed by atoms with Crippen molar-refractivity contribution in [3.8, 4) is 11.5 Å². The van der Waals surface area contributed by atoms with Crippen LogP contribution in [0.25, 0.3) is 0 Å². The maximum Gasteiger partial charge on any atom is 0.130 e. The van der Waals surface area contributed by atoms with Crippen LogP contribution in [0.3, 0.4) is 0 Å². The summed E-state index contributed by atoms with van der Waals surface area (Å²) in [4.78, 5) is 0. The van der Waals surface area contributed by atoms with Crippen LogP contribution in [0.4, 0.5) is 4.39 Å². The van der Waals surface area contributed by atoms with E-state index in [1.54, 1.807) is 37.3 Å². The molecule has 0 aliphatic carbocycles. The fraction of sp³-hybridized carbons (Fsp3) is 0.143. The van der Waals surface area contributed by atoms with E-state index in [4.69, 9.17) is 27.9 Å². The molecule has 18 heavy (non-hydrogen) atoms. The zero-order valence-corrected chi connectivity index (χ0v) is 11.2. The van der Waals surface area contributed by atoms with Gasteiger partial charge in [-0.25, -0.2) is 4.39 Å². The third-order valence-electron chi connectivity index (χ3n) is 2.55. The van der Waals surface area contributed by atoms with Crippen molar-refractivity contribution in [2.24, 2.45) is 0 Å². The standard InChI is InChI=1S/C14H11Cl2FO/c1-9-2-4-12(7-14(9)17)18-11-5-3-10(8-15)13(16)6-11/h2-7H,8H2,1H3. The Balaban J connectivity index is 2.23. The van der Waals surface area contributed by atoms with E-state index in [2.05, 4.69) is 0 Å². The van der Waals surface area contributed by atoms with Crippen molar-refractivity contribution in [2.45, 2.75) is 12.8 Å². The smallest absolute Gasteiger partial charge is 0.130 e. The summed E-state index contributed by atoms with van der Waals surface area (Å²) in [6.07, 6.45) is 0. The van der Waals surface area contributed by atoms with E-state index < -0.39 is 0 Å². The number of hydrogen-bond acceptors (Lipinski definition) is 1. The Kier molecular flexibility index (Phi) is 4.10. The van der Waals surface area contributed by atoms with Crippen LogP contribution in [-0.4, -0.2) is 0 Å². The molecule has 0 heterocycles.